The largest absolute Gasteiger partial charge is 0.462 e. The van der Waals surface area contributed by atoms with Crippen LogP contribution >= 0.6 is 0 Å². The first-order valence-electron chi connectivity index (χ1n) is 6.44. The molecule has 0 atom stereocenters. The van der Waals surface area contributed by atoms with E-state index in [-0.39, 0.29) is 24.4 Å². The number of anilines is 1. The van der Waals surface area contributed by atoms with Gasteiger partial charge in [-0.15, -0.1) is 6.58 Å². The molecule has 0 spiro atoms. The molecule has 0 saturated carbocycles. The third-order valence-electron chi connectivity index (χ3n) is 2.95. The highest BCUT2D eigenvalue weighted by atomic mass is 16.5. The maximum absolute atomic E-state index is 12.5. The van der Waals surface area contributed by atoms with Gasteiger partial charge in [-0.05, 0) is 13.8 Å². The first-order chi connectivity index (χ1) is 10.0. The van der Waals surface area contributed by atoms with E-state index in [9.17, 15) is 9.59 Å². The minimum absolute atomic E-state index is 0.0359. The maximum Gasteiger partial charge on any atom is 0.345 e. The summed E-state index contributed by atoms with van der Waals surface area (Å²) in [6, 6.07) is 0. The molecule has 2 heterocycles. The van der Waals surface area contributed by atoms with Gasteiger partial charge in [-0.1, -0.05) is 6.08 Å². The number of fused-ring (bicyclic) bond motifs is 1. The van der Waals surface area contributed by atoms with Crippen LogP contribution in [0.15, 0.2) is 23.6 Å². The summed E-state index contributed by atoms with van der Waals surface area (Å²) in [6.45, 7) is 7.33. The van der Waals surface area contributed by atoms with E-state index >= 15 is 0 Å². The topological polar surface area (TPSA) is 100 Å². The van der Waals surface area contributed by atoms with Crippen LogP contribution in [0.4, 0.5) is 5.69 Å². The van der Waals surface area contributed by atoms with Crippen LogP contribution in [-0.4, -0.2) is 27.1 Å². The molecule has 21 heavy (non-hydrogen) atoms. The number of hydrogen-bond acceptors (Lipinski definition) is 6. The highest BCUT2D eigenvalue weighted by Gasteiger charge is 2.22. The van der Waals surface area contributed by atoms with Gasteiger partial charge in [-0.2, -0.15) is 0 Å². The van der Waals surface area contributed by atoms with Gasteiger partial charge in [-0.25, -0.2) is 14.8 Å². The smallest absolute Gasteiger partial charge is 0.345 e. The monoisotopic (exact) mass is 288 g/mol. The second kappa shape index (κ2) is 5.74. The molecule has 0 bridgehead atoms. The van der Waals surface area contributed by atoms with Crippen LogP contribution in [0.1, 0.15) is 23.1 Å². The van der Waals surface area contributed by atoms with Gasteiger partial charge in [0, 0.05) is 12.7 Å². The summed E-state index contributed by atoms with van der Waals surface area (Å²) in [5.41, 5.74) is 5.61. The standard InChI is InChI=1S/C14H16N4O3/c1-4-6-18-12-9(7-16-8(3)17-12)11(15)10(13(18)19)14(20)21-5-2/h4,7H,1,5-6,15H2,2-3H3. The van der Waals surface area contributed by atoms with Crippen molar-refractivity contribution >= 4 is 22.7 Å². The summed E-state index contributed by atoms with van der Waals surface area (Å²) in [7, 11) is 0. The lowest BCUT2D eigenvalue weighted by Gasteiger charge is -2.13. The first-order valence-corrected chi connectivity index (χ1v) is 6.44. The lowest BCUT2D eigenvalue weighted by atomic mass is 10.1. The summed E-state index contributed by atoms with van der Waals surface area (Å²) >= 11 is 0. The number of rotatable bonds is 4. The number of hydrogen-bond donors (Lipinski definition) is 1. The van der Waals surface area contributed by atoms with Gasteiger partial charge in [0.15, 0.2) is 0 Å². The van der Waals surface area contributed by atoms with E-state index in [1.165, 1.54) is 10.8 Å². The van der Waals surface area contributed by atoms with Crippen LogP contribution in [0.3, 0.4) is 0 Å². The van der Waals surface area contributed by atoms with Gasteiger partial charge < -0.3 is 10.5 Å². The average molecular weight is 288 g/mol. The van der Waals surface area contributed by atoms with Crippen LogP contribution in [-0.2, 0) is 11.3 Å². The molecule has 7 heteroatoms. The molecule has 0 fully saturated rings. The zero-order chi connectivity index (χ0) is 15.6. The van der Waals surface area contributed by atoms with Crippen molar-refractivity contribution in [3.63, 3.8) is 0 Å². The predicted molar refractivity (Wildman–Crippen MR) is 79.1 cm³/mol. The third kappa shape index (κ3) is 2.49. The molecular formula is C14H16N4O3. The second-order valence-corrected chi connectivity index (χ2v) is 4.37. The summed E-state index contributed by atoms with van der Waals surface area (Å²) < 4.78 is 6.23. The van der Waals surface area contributed by atoms with Gasteiger partial charge in [0.1, 0.15) is 17.0 Å². The van der Waals surface area contributed by atoms with Crippen molar-refractivity contribution < 1.29 is 9.53 Å². The fourth-order valence-electron chi connectivity index (χ4n) is 2.03. The van der Waals surface area contributed by atoms with Crippen LogP contribution in [0.25, 0.3) is 11.0 Å². The third-order valence-corrected chi connectivity index (χ3v) is 2.95. The summed E-state index contributed by atoms with van der Waals surface area (Å²) in [6.07, 6.45) is 3.04. The Morgan fingerprint density at radius 3 is 2.90 bits per heavy atom. The van der Waals surface area contributed by atoms with E-state index in [2.05, 4.69) is 16.5 Å². The molecule has 110 valence electrons. The zero-order valence-corrected chi connectivity index (χ0v) is 11.9. The van der Waals surface area contributed by atoms with E-state index in [1.54, 1.807) is 19.9 Å². The molecule has 0 unspecified atom stereocenters. The molecule has 0 aliphatic heterocycles. The molecular weight excluding hydrogens is 272 g/mol. The Balaban J connectivity index is 2.88. The number of esters is 1. The van der Waals surface area contributed by atoms with E-state index in [0.717, 1.165) is 0 Å². The number of aryl methyl sites for hydroxylation is 1. The number of carbonyl (C=O) groups excluding carboxylic acids is 1. The Morgan fingerprint density at radius 1 is 1.57 bits per heavy atom. The van der Waals surface area contributed by atoms with Crippen molar-refractivity contribution in [2.24, 2.45) is 0 Å². The molecule has 7 nitrogen and oxygen atoms in total. The Bertz CT molecular complexity index is 780. The molecule has 2 aromatic rings. The minimum Gasteiger partial charge on any atom is -0.462 e. The average Bonchev–Trinajstić information content (AvgIpc) is 2.43. The fraction of sp³-hybridized carbons (Fsp3) is 0.286. The Morgan fingerprint density at radius 2 is 2.29 bits per heavy atom. The molecule has 0 saturated heterocycles. The predicted octanol–water partition coefficient (Wildman–Crippen LogP) is 1.04. The van der Waals surface area contributed by atoms with Crippen molar-refractivity contribution in [3.8, 4) is 0 Å². The quantitative estimate of drug-likeness (QED) is 0.666. The zero-order valence-electron chi connectivity index (χ0n) is 11.9. The molecule has 2 rings (SSSR count). The number of nitrogens with zero attached hydrogens (tertiary/aromatic N) is 3. The van der Waals surface area contributed by atoms with Crippen LogP contribution in [0.2, 0.25) is 0 Å². The first kappa shape index (κ1) is 14.7. The number of nitrogens with two attached hydrogens (primary N) is 1. The number of aromatic nitrogens is 3. The van der Waals surface area contributed by atoms with Crippen molar-refractivity contribution in [2.75, 3.05) is 12.3 Å². The Labute approximate surface area is 121 Å². The molecule has 0 radical (unpaired) electrons. The lowest BCUT2D eigenvalue weighted by Crippen LogP contribution is -2.30. The molecule has 2 aromatic heterocycles. The number of carbonyl (C=O) groups is 1. The van der Waals surface area contributed by atoms with E-state index in [4.69, 9.17) is 10.5 Å². The number of allylic oxidation sites excluding steroid dienone is 1. The second-order valence-electron chi connectivity index (χ2n) is 4.37. The molecule has 0 amide bonds. The van der Waals surface area contributed by atoms with E-state index < -0.39 is 11.5 Å². The lowest BCUT2D eigenvalue weighted by molar-refractivity contribution is 0.0525. The molecule has 0 aromatic carbocycles. The van der Waals surface area contributed by atoms with Crippen LogP contribution in [0, 0.1) is 6.92 Å². The van der Waals surface area contributed by atoms with Gasteiger partial charge in [0.25, 0.3) is 5.56 Å². The Hall–Kier alpha value is -2.70. The molecule has 0 aliphatic rings. The highest BCUT2D eigenvalue weighted by molar-refractivity contribution is 6.03. The van der Waals surface area contributed by atoms with E-state index in [1.807, 2.05) is 0 Å². The van der Waals surface area contributed by atoms with Crippen molar-refractivity contribution in [3.05, 3.63) is 40.6 Å². The summed E-state index contributed by atoms with van der Waals surface area (Å²) in [5.74, 6) is -0.247. The highest BCUT2D eigenvalue weighted by Crippen LogP contribution is 2.21. The van der Waals surface area contributed by atoms with Crippen molar-refractivity contribution in [2.45, 2.75) is 20.4 Å². The minimum atomic E-state index is -0.750. The SMILES string of the molecule is C=CCn1c(=O)c(C(=O)OCC)c(N)c2cnc(C)nc21. The normalized spacial score (nSPS) is 10.6. The molecule has 0 aliphatic carbocycles. The summed E-state index contributed by atoms with van der Waals surface area (Å²) in [5, 5.41) is 0.435. The maximum atomic E-state index is 12.5. The van der Waals surface area contributed by atoms with Crippen LogP contribution in [0.5, 0.6) is 0 Å². The van der Waals surface area contributed by atoms with Gasteiger partial charge in [-0.3, -0.25) is 9.36 Å². The Kier molecular flexibility index (Phi) is 4.02. The summed E-state index contributed by atoms with van der Waals surface area (Å²) in [4.78, 5) is 32.8. The molecule has 2 N–H and O–H groups in total. The number of ether oxygens (including phenoxy) is 1. The van der Waals surface area contributed by atoms with Crippen LogP contribution < -0.4 is 11.3 Å². The fourth-order valence-corrected chi connectivity index (χ4v) is 2.03. The number of nitrogen functional groups attached to an aromatic ring is 1. The number of pyridine rings is 1. The van der Waals surface area contributed by atoms with E-state index in [0.29, 0.717) is 16.9 Å². The van der Waals surface area contributed by atoms with Gasteiger partial charge in [0.2, 0.25) is 0 Å². The van der Waals surface area contributed by atoms with Gasteiger partial charge in [0.05, 0.1) is 17.7 Å². The van der Waals surface area contributed by atoms with Gasteiger partial charge >= 0.3 is 5.97 Å². The van der Waals surface area contributed by atoms with Crippen molar-refractivity contribution in [1.29, 1.82) is 0 Å². The van der Waals surface area contributed by atoms with Crippen molar-refractivity contribution in [1.82, 2.24) is 14.5 Å².